The average molecular weight is 558 g/mol. The molecule has 1 aromatic heterocycles. The molecule has 5 nitrogen and oxygen atoms in total. The Labute approximate surface area is 237 Å². The van der Waals surface area contributed by atoms with Gasteiger partial charge in [0.15, 0.2) is 11.5 Å². The van der Waals surface area contributed by atoms with E-state index in [1.807, 2.05) is 43.3 Å². The standard InChI is InChI=1S/C33H36FNO4Si/c1-24(39-30-19-13-12-18-28(30)25-22-29(34)31(35-23-25)32(36)37-5)20-21-38-40(33(2,3)4,26-14-8-6-9-15-26)27-16-10-7-11-17-27/h6-19,22-24H,20-21H2,1-5H3/t24-/m1/s1. The number of hydrogen-bond acceptors (Lipinski definition) is 5. The van der Waals surface area contributed by atoms with E-state index in [4.69, 9.17) is 9.16 Å². The van der Waals surface area contributed by atoms with Crippen molar-refractivity contribution < 1.29 is 23.1 Å². The Hall–Kier alpha value is -3.81. The second kappa shape index (κ2) is 12.6. The zero-order valence-corrected chi connectivity index (χ0v) is 24.7. The molecule has 0 amide bonds. The third kappa shape index (κ3) is 6.16. The highest BCUT2D eigenvalue weighted by Crippen LogP contribution is 2.37. The molecule has 1 atom stereocenters. The normalized spacial score (nSPS) is 12.6. The molecule has 0 spiro atoms. The maximum Gasteiger partial charge on any atom is 0.359 e. The molecule has 0 aliphatic carbocycles. The fraction of sp³-hybridized carbons (Fsp3) is 0.273. The van der Waals surface area contributed by atoms with Gasteiger partial charge in [0.1, 0.15) is 5.75 Å². The number of methoxy groups -OCH3 is 1. The summed E-state index contributed by atoms with van der Waals surface area (Å²) in [6, 6.07) is 29.8. The number of carbonyl (C=O) groups is 1. The number of para-hydroxylation sites is 1. The smallest absolute Gasteiger partial charge is 0.359 e. The van der Waals surface area contributed by atoms with E-state index in [9.17, 15) is 9.18 Å². The molecule has 208 valence electrons. The first-order valence-electron chi connectivity index (χ1n) is 13.4. The van der Waals surface area contributed by atoms with E-state index >= 15 is 0 Å². The van der Waals surface area contributed by atoms with Crippen LogP contribution in [-0.4, -0.2) is 39.1 Å². The maximum absolute atomic E-state index is 14.6. The van der Waals surface area contributed by atoms with Gasteiger partial charge < -0.3 is 13.9 Å². The first kappa shape index (κ1) is 29.2. The summed E-state index contributed by atoms with van der Waals surface area (Å²) in [6.07, 6.45) is 1.94. The van der Waals surface area contributed by atoms with Crippen LogP contribution in [0, 0.1) is 5.82 Å². The molecule has 0 bridgehead atoms. The Morgan fingerprint density at radius 1 is 0.925 bits per heavy atom. The quantitative estimate of drug-likeness (QED) is 0.167. The maximum atomic E-state index is 14.6. The minimum Gasteiger partial charge on any atom is -0.490 e. The largest absolute Gasteiger partial charge is 0.490 e. The van der Waals surface area contributed by atoms with Gasteiger partial charge in [0, 0.05) is 30.4 Å². The van der Waals surface area contributed by atoms with Crippen LogP contribution in [0.1, 0.15) is 44.6 Å². The van der Waals surface area contributed by atoms with Gasteiger partial charge in [-0.25, -0.2) is 14.2 Å². The van der Waals surface area contributed by atoms with E-state index in [2.05, 4.69) is 79.0 Å². The molecule has 0 saturated heterocycles. The van der Waals surface area contributed by atoms with Crippen molar-refractivity contribution in [2.75, 3.05) is 13.7 Å². The predicted molar refractivity (Wildman–Crippen MR) is 159 cm³/mol. The average Bonchev–Trinajstić information content (AvgIpc) is 2.95. The van der Waals surface area contributed by atoms with Crippen molar-refractivity contribution in [3.63, 3.8) is 0 Å². The van der Waals surface area contributed by atoms with Gasteiger partial charge in [0.25, 0.3) is 8.32 Å². The lowest BCUT2D eigenvalue weighted by Crippen LogP contribution is -2.66. The number of carbonyl (C=O) groups excluding carboxylic acids is 1. The van der Waals surface area contributed by atoms with Crippen molar-refractivity contribution in [3.05, 3.63) is 109 Å². The summed E-state index contributed by atoms with van der Waals surface area (Å²) in [7, 11) is -1.45. The lowest BCUT2D eigenvalue weighted by atomic mass is 10.1. The molecule has 0 saturated carbocycles. The van der Waals surface area contributed by atoms with Gasteiger partial charge in [-0.1, -0.05) is 99.6 Å². The third-order valence-electron chi connectivity index (χ3n) is 7.01. The second-order valence-corrected chi connectivity index (χ2v) is 15.1. The number of nitrogens with zero attached hydrogens (tertiary/aromatic N) is 1. The Morgan fingerprint density at radius 2 is 1.50 bits per heavy atom. The van der Waals surface area contributed by atoms with E-state index in [1.165, 1.54) is 29.7 Å². The van der Waals surface area contributed by atoms with Gasteiger partial charge in [0.2, 0.25) is 0 Å². The van der Waals surface area contributed by atoms with Gasteiger partial charge in [-0.05, 0) is 34.5 Å². The molecule has 0 aliphatic rings. The van der Waals surface area contributed by atoms with Crippen LogP contribution in [0.4, 0.5) is 4.39 Å². The van der Waals surface area contributed by atoms with Crippen molar-refractivity contribution in [1.29, 1.82) is 0 Å². The number of esters is 1. The number of halogens is 1. The molecule has 0 unspecified atom stereocenters. The fourth-order valence-corrected chi connectivity index (χ4v) is 9.63. The summed E-state index contributed by atoms with van der Waals surface area (Å²) in [6.45, 7) is 9.29. The molecule has 0 aliphatic heterocycles. The number of aromatic nitrogens is 1. The molecule has 4 aromatic rings. The molecule has 4 rings (SSSR count). The number of pyridine rings is 1. The number of hydrogen-bond donors (Lipinski definition) is 0. The van der Waals surface area contributed by atoms with Gasteiger partial charge in [-0.3, -0.25) is 0 Å². The Morgan fingerprint density at radius 3 is 2.05 bits per heavy atom. The van der Waals surface area contributed by atoms with Crippen LogP contribution in [-0.2, 0) is 9.16 Å². The highest BCUT2D eigenvalue weighted by Gasteiger charge is 2.50. The van der Waals surface area contributed by atoms with Crippen LogP contribution in [0.5, 0.6) is 5.75 Å². The van der Waals surface area contributed by atoms with Crippen LogP contribution in [0.25, 0.3) is 11.1 Å². The monoisotopic (exact) mass is 557 g/mol. The van der Waals surface area contributed by atoms with Gasteiger partial charge in [0.05, 0.1) is 13.2 Å². The molecule has 0 fully saturated rings. The number of benzene rings is 3. The Bertz CT molecular complexity index is 1380. The Kier molecular flexibility index (Phi) is 9.17. The minimum atomic E-state index is -2.64. The van der Waals surface area contributed by atoms with E-state index in [0.29, 0.717) is 29.9 Å². The van der Waals surface area contributed by atoms with E-state index in [0.717, 1.165) is 0 Å². The van der Waals surface area contributed by atoms with Gasteiger partial charge in [-0.15, -0.1) is 0 Å². The molecular weight excluding hydrogens is 521 g/mol. The van der Waals surface area contributed by atoms with Crippen molar-refractivity contribution >= 4 is 24.7 Å². The zero-order chi connectivity index (χ0) is 28.8. The zero-order valence-electron chi connectivity index (χ0n) is 23.7. The summed E-state index contributed by atoms with van der Waals surface area (Å²) in [5, 5.41) is 2.36. The lowest BCUT2D eigenvalue weighted by molar-refractivity contribution is 0.0588. The summed E-state index contributed by atoms with van der Waals surface area (Å²) in [5.41, 5.74) is 0.847. The summed E-state index contributed by atoms with van der Waals surface area (Å²) < 4.78 is 32.6. The van der Waals surface area contributed by atoms with E-state index in [-0.39, 0.29) is 16.8 Å². The topological polar surface area (TPSA) is 57.7 Å². The minimum absolute atomic E-state index is 0.111. The summed E-state index contributed by atoms with van der Waals surface area (Å²) in [5.74, 6) is -0.957. The molecule has 0 N–H and O–H groups in total. The van der Waals surface area contributed by atoms with Crippen molar-refractivity contribution in [1.82, 2.24) is 4.98 Å². The number of ether oxygens (including phenoxy) is 2. The predicted octanol–water partition coefficient (Wildman–Crippen LogP) is 6.41. The number of rotatable bonds is 10. The van der Waals surface area contributed by atoms with Crippen LogP contribution in [0.3, 0.4) is 0 Å². The fourth-order valence-electron chi connectivity index (χ4n) is 5.06. The van der Waals surface area contributed by atoms with Gasteiger partial charge in [-0.2, -0.15) is 0 Å². The van der Waals surface area contributed by atoms with Crippen LogP contribution in [0.2, 0.25) is 5.04 Å². The van der Waals surface area contributed by atoms with E-state index in [1.54, 1.807) is 0 Å². The SMILES string of the molecule is COC(=O)c1ncc(-c2ccccc2O[C@H](C)CCO[Si](c2ccccc2)(c2ccccc2)C(C)(C)C)cc1F. The molecule has 7 heteroatoms. The molecular formula is C33H36FNO4Si. The first-order chi connectivity index (χ1) is 19.2. The molecule has 3 aromatic carbocycles. The highest BCUT2D eigenvalue weighted by molar-refractivity contribution is 6.99. The van der Waals surface area contributed by atoms with Crippen LogP contribution < -0.4 is 15.1 Å². The molecule has 40 heavy (non-hydrogen) atoms. The lowest BCUT2D eigenvalue weighted by Gasteiger charge is -2.43. The molecule has 1 heterocycles. The van der Waals surface area contributed by atoms with Crippen molar-refractivity contribution in [2.45, 2.75) is 45.3 Å². The van der Waals surface area contributed by atoms with Crippen LogP contribution in [0.15, 0.2) is 97.2 Å². The first-order valence-corrected chi connectivity index (χ1v) is 15.3. The summed E-state index contributed by atoms with van der Waals surface area (Å²) >= 11 is 0. The van der Waals surface area contributed by atoms with E-state index < -0.39 is 20.1 Å². The third-order valence-corrected chi connectivity index (χ3v) is 12.0. The van der Waals surface area contributed by atoms with Gasteiger partial charge >= 0.3 is 5.97 Å². The molecule has 0 radical (unpaired) electrons. The second-order valence-electron chi connectivity index (χ2n) is 10.8. The Balaban J connectivity index is 1.54. The van der Waals surface area contributed by atoms with Crippen molar-refractivity contribution in [2.24, 2.45) is 0 Å². The summed E-state index contributed by atoms with van der Waals surface area (Å²) in [4.78, 5) is 15.7. The highest BCUT2D eigenvalue weighted by atomic mass is 28.4. The van der Waals surface area contributed by atoms with Crippen molar-refractivity contribution in [3.8, 4) is 16.9 Å². The van der Waals surface area contributed by atoms with Crippen LogP contribution >= 0.6 is 0 Å².